The van der Waals surface area contributed by atoms with Crippen molar-refractivity contribution in [3.8, 4) is 0 Å². The fourth-order valence-corrected chi connectivity index (χ4v) is 2.63. The smallest absolute Gasteiger partial charge is 0.309 e. The average Bonchev–Trinajstić information content (AvgIpc) is 2.28. The van der Waals surface area contributed by atoms with Crippen molar-refractivity contribution in [3.05, 3.63) is 0 Å². The Morgan fingerprint density at radius 1 is 0.842 bits per heavy atom. The third-order valence-electron chi connectivity index (χ3n) is 3.95. The van der Waals surface area contributed by atoms with Crippen LogP contribution in [0.3, 0.4) is 0 Å². The van der Waals surface area contributed by atoms with E-state index < -0.39 is 22.8 Å². The van der Waals surface area contributed by atoms with Crippen LogP contribution in [-0.4, -0.2) is 22.2 Å². The van der Waals surface area contributed by atoms with Gasteiger partial charge in [-0.2, -0.15) is 0 Å². The Balaban J connectivity index is 4.66. The van der Waals surface area contributed by atoms with E-state index >= 15 is 0 Å². The molecule has 112 valence electrons. The van der Waals surface area contributed by atoms with Gasteiger partial charge in [0.05, 0.1) is 10.8 Å². The zero-order valence-corrected chi connectivity index (χ0v) is 12.7. The van der Waals surface area contributed by atoms with Crippen molar-refractivity contribution < 1.29 is 19.8 Å². The summed E-state index contributed by atoms with van der Waals surface area (Å²) in [6.45, 7) is 7.37. The maximum Gasteiger partial charge on any atom is 0.309 e. The molecule has 0 aliphatic carbocycles. The number of aliphatic carboxylic acids is 2. The molecule has 0 aromatic carbocycles. The standard InChI is InChI=1S/C15H28O4/c1-5-8-15(9-6-2,13(18)19)11-7-10-14(3,4)12(16)17/h5-11H2,1-4H3,(H,16,17)(H,18,19). The largest absolute Gasteiger partial charge is 0.481 e. The summed E-state index contributed by atoms with van der Waals surface area (Å²) in [6.07, 6.45) is 4.76. The van der Waals surface area contributed by atoms with E-state index in [4.69, 9.17) is 5.11 Å². The molecule has 0 aromatic rings. The normalized spacial score (nSPS) is 12.4. The summed E-state index contributed by atoms with van der Waals surface area (Å²) in [5.41, 5.74) is -1.44. The molecule has 0 atom stereocenters. The molecule has 19 heavy (non-hydrogen) atoms. The predicted molar refractivity (Wildman–Crippen MR) is 75.2 cm³/mol. The monoisotopic (exact) mass is 272 g/mol. The molecule has 0 fully saturated rings. The molecule has 0 heterocycles. The van der Waals surface area contributed by atoms with Gasteiger partial charge < -0.3 is 10.2 Å². The molecule has 2 N–H and O–H groups in total. The van der Waals surface area contributed by atoms with Gasteiger partial charge in [-0.25, -0.2) is 0 Å². The highest BCUT2D eigenvalue weighted by Gasteiger charge is 2.37. The van der Waals surface area contributed by atoms with Crippen LogP contribution in [0.5, 0.6) is 0 Å². The van der Waals surface area contributed by atoms with Crippen molar-refractivity contribution in [1.82, 2.24) is 0 Å². The quantitative estimate of drug-likeness (QED) is 0.631. The van der Waals surface area contributed by atoms with Crippen LogP contribution >= 0.6 is 0 Å². The van der Waals surface area contributed by atoms with E-state index in [1.165, 1.54) is 0 Å². The first-order valence-electron chi connectivity index (χ1n) is 7.18. The van der Waals surface area contributed by atoms with Crippen LogP contribution in [0.4, 0.5) is 0 Å². The van der Waals surface area contributed by atoms with Crippen molar-refractivity contribution >= 4 is 11.9 Å². The summed E-state index contributed by atoms with van der Waals surface area (Å²) in [5, 5.41) is 18.6. The summed E-state index contributed by atoms with van der Waals surface area (Å²) in [7, 11) is 0. The average molecular weight is 272 g/mol. The topological polar surface area (TPSA) is 74.6 Å². The van der Waals surface area contributed by atoms with E-state index in [0.717, 1.165) is 12.8 Å². The van der Waals surface area contributed by atoms with Gasteiger partial charge in [0.1, 0.15) is 0 Å². The molecule has 4 heteroatoms. The van der Waals surface area contributed by atoms with Gasteiger partial charge in [0, 0.05) is 0 Å². The highest BCUT2D eigenvalue weighted by Crippen LogP contribution is 2.37. The predicted octanol–water partition coefficient (Wildman–Crippen LogP) is 3.94. The SMILES string of the molecule is CCCC(CCC)(CCCC(C)(C)C(=O)O)C(=O)O. The lowest BCUT2D eigenvalue weighted by Crippen LogP contribution is -2.32. The molecule has 0 unspecified atom stereocenters. The van der Waals surface area contributed by atoms with E-state index in [1.54, 1.807) is 13.8 Å². The Morgan fingerprint density at radius 2 is 1.32 bits per heavy atom. The molecule has 0 aliphatic rings. The molecule has 0 bridgehead atoms. The van der Waals surface area contributed by atoms with E-state index in [1.807, 2.05) is 13.8 Å². The molecule has 4 nitrogen and oxygen atoms in total. The number of hydrogen-bond acceptors (Lipinski definition) is 2. The Bertz CT molecular complexity index is 301. The van der Waals surface area contributed by atoms with Gasteiger partial charge in [-0.3, -0.25) is 9.59 Å². The van der Waals surface area contributed by atoms with Crippen molar-refractivity contribution in [2.45, 2.75) is 72.6 Å². The number of hydrogen-bond donors (Lipinski definition) is 2. The van der Waals surface area contributed by atoms with Crippen LogP contribution in [0.1, 0.15) is 72.6 Å². The summed E-state index contributed by atoms with van der Waals surface area (Å²) >= 11 is 0. The van der Waals surface area contributed by atoms with Gasteiger partial charge in [-0.1, -0.05) is 33.1 Å². The molecular formula is C15H28O4. The molecule has 0 aliphatic heterocycles. The maximum atomic E-state index is 11.6. The zero-order valence-electron chi connectivity index (χ0n) is 12.7. The Morgan fingerprint density at radius 3 is 1.63 bits per heavy atom. The molecule has 0 aromatic heterocycles. The minimum atomic E-state index is -0.820. The van der Waals surface area contributed by atoms with E-state index in [9.17, 15) is 14.7 Å². The molecular weight excluding hydrogens is 244 g/mol. The van der Waals surface area contributed by atoms with E-state index in [-0.39, 0.29) is 0 Å². The molecule has 0 saturated carbocycles. The lowest BCUT2D eigenvalue weighted by Gasteiger charge is -2.30. The van der Waals surface area contributed by atoms with Crippen LogP contribution in [0.15, 0.2) is 0 Å². The van der Waals surface area contributed by atoms with Crippen LogP contribution in [0.25, 0.3) is 0 Å². The fraction of sp³-hybridized carbons (Fsp3) is 0.867. The highest BCUT2D eigenvalue weighted by molar-refractivity contribution is 5.75. The van der Waals surface area contributed by atoms with Gasteiger partial charge in [0.25, 0.3) is 0 Å². The highest BCUT2D eigenvalue weighted by atomic mass is 16.4. The Kier molecular flexibility index (Phi) is 7.09. The van der Waals surface area contributed by atoms with Crippen LogP contribution in [-0.2, 0) is 9.59 Å². The third kappa shape index (κ3) is 5.21. The minimum absolute atomic E-state index is 0.519. The number of carboxylic acid groups (broad SMARTS) is 2. The van der Waals surface area contributed by atoms with Crippen LogP contribution in [0, 0.1) is 10.8 Å². The summed E-state index contributed by atoms with van der Waals surface area (Å²) < 4.78 is 0. The molecule has 0 saturated heterocycles. The van der Waals surface area contributed by atoms with Gasteiger partial charge in [-0.05, 0) is 39.5 Å². The van der Waals surface area contributed by atoms with Gasteiger partial charge >= 0.3 is 11.9 Å². The van der Waals surface area contributed by atoms with E-state index in [2.05, 4.69) is 0 Å². The molecule has 0 amide bonds. The van der Waals surface area contributed by atoms with Crippen LogP contribution in [0.2, 0.25) is 0 Å². The molecule has 0 rings (SSSR count). The first kappa shape index (κ1) is 17.9. The Hall–Kier alpha value is -1.06. The van der Waals surface area contributed by atoms with Crippen LogP contribution < -0.4 is 0 Å². The maximum absolute atomic E-state index is 11.6. The first-order valence-corrected chi connectivity index (χ1v) is 7.18. The number of carboxylic acids is 2. The van der Waals surface area contributed by atoms with Crippen molar-refractivity contribution in [3.63, 3.8) is 0 Å². The summed E-state index contributed by atoms with van der Waals surface area (Å²) in [5.74, 6) is -1.55. The zero-order chi connectivity index (χ0) is 15.1. The second-order valence-corrected chi connectivity index (χ2v) is 6.13. The van der Waals surface area contributed by atoms with Gasteiger partial charge in [-0.15, -0.1) is 0 Å². The second kappa shape index (κ2) is 7.51. The lowest BCUT2D eigenvalue weighted by molar-refractivity contribution is -0.151. The van der Waals surface area contributed by atoms with Gasteiger partial charge in [0.15, 0.2) is 0 Å². The fourth-order valence-electron chi connectivity index (χ4n) is 2.63. The third-order valence-corrected chi connectivity index (χ3v) is 3.95. The number of rotatable bonds is 10. The van der Waals surface area contributed by atoms with Crippen molar-refractivity contribution in [2.24, 2.45) is 10.8 Å². The molecule has 0 spiro atoms. The minimum Gasteiger partial charge on any atom is -0.481 e. The summed E-state index contributed by atoms with van der Waals surface area (Å²) in [4.78, 5) is 22.6. The first-order chi connectivity index (χ1) is 8.72. The number of carbonyl (C=O) groups is 2. The molecule has 0 radical (unpaired) electrons. The second-order valence-electron chi connectivity index (χ2n) is 6.13. The summed E-state index contributed by atoms with van der Waals surface area (Å²) in [6, 6.07) is 0. The van der Waals surface area contributed by atoms with Crippen molar-refractivity contribution in [1.29, 1.82) is 0 Å². The van der Waals surface area contributed by atoms with Crippen molar-refractivity contribution in [2.75, 3.05) is 0 Å². The van der Waals surface area contributed by atoms with E-state index in [0.29, 0.717) is 32.1 Å². The van der Waals surface area contributed by atoms with Gasteiger partial charge in [0.2, 0.25) is 0 Å². The lowest BCUT2D eigenvalue weighted by atomic mass is 9.73. The Labute approximate surface area is 116 Å².